The summed E-state index contributed by atoms with van der Waals surface area (Å²) >= 11 is 1.25. The smallest absolute Gasteiger partial charge is 0.282 e. The number of carbonyl (C=O) groups excluding carboxylic acids is 1. The van der Waals surface area contributed by atoms with E-state index in [9.17, 15) is 9.59 Å². The number of carbonyl (C=O) groups is 1. The largest absolute Gasteiger partial charge is 0.390 e. The first-order valence-electron chi connectivity index (χ1n) is 8.67. The van der Waals surface area contributed by atoms with Crippen molar-refractivity contribution in [3.63, 3.8) is 0 Å². The summed E-state index contributed by atoms with van der Waals surface area (Å²) in [6.07, 6.45) is 1.97. The molecule has 3 aromatic rings. The van der Waals surface area contributed by atoms with E-state index in [1.165, 1.54) is 21.6 Å². The van der Waals surface area contributed by atoms with Crippen LogP contribution in [0.5, 0.6) is 0 Å². The molecule has 1 amide bonds. The predicted molar refractivity (Wildman–Crippen MR) is 104 cm³/mol. The van der Waals surface area contributed by atoms with Gasteiger partial charge in [0.1, 0.15) is 0 Å². The van der Waals surface area contributed by atoms with Gasteiger partial charge in [0.15, 0.2) is 5.69 Å². The third-order valence-corrected chi connectivity index (χ3v) is 5.42. The molecule has 2 aromatic heterocycles. The van der Waals surface area contributed by atoms with Gasteiger partial charge in [0, 0.05) is 16.8 Å². The number of anilines is 1. The fraction of sp³-hybridized carbons (Fsp3) is 0.316. The summed E-state index contributed by atoms with van der Waals surface area (Å²) in [4.78, 5) is 25.6. The van der Waals surface area contributed by atoms with Gasteiger partial charge in [-0.2, -0.15) is 9.78 Å². The highest BCUT2D eigenvalue weighted by Crippen LogP contribution is 2.28. The van der Waals surface area contributed by atoms with Crippen molar-refractivity contribution < 1.29 is 4.79 Å². The van der Waals surface area contributed by atoms with Crippen molar-refractivity contribution in [2.75, 3.05) is 5.73 Å². The van der Waals surface area contributed by atoms with Gasteiger partial charge < -0.3 is 11.1 Å². The van der Waals surface area contributed by atoms with Crippen molar-refractivity contribution in [2.24, 2.45) is 0 Å². The first-order chi connectivity index (χ1) is 12.5. The number of nitrogens with one attached hydrogen (secondary N) is 1. The number of hydrogen-bond acceptors (Lipinski definition) is 5. The minimum atomic E-state index is -0.306. The Bertz CT molecular complexity index is 1050. The number of nitrogens with zero attached hydrogens (tertiary/aromatic N) is 2. The van der Waals surface area contributed by atoms with Crippen LogP contribution < -0.4 is 16.6 Å². The quantitative estimate of drug-likeness (QED) is 0.741. The summed E-state index contributed by atoms with van der Waals surface area (Å²) in [6.45, 7) is 4.22. The van der Waals surface area contributed by atoms with E-state index < -0.39 is 0 Å². The Labute approximate surface area is 154 Å². The predicted octanol–water partition coefficient (Wildman–Crippen LogP) is 3.05. The normalized spacial score (nSPS) is 14.1. The molecule has 1 saturated carbocycles. The van der Waals surface area contributed by atoms with Gasteiger partial charge in [-0.25, -0.2) is 0 Å². The maximum absolute atomic E-state index is 12.9. The summed E-state index contributed by atoms with van der Waals surface area (Å²) in [6, 6.07) is 7.85. The van der Waals surface area contributed by atoms with Crippen LogP contribution in [0.1, 0.15) is 48.7 Å². The van der Waals surface area contributed by atoms with Crippen LogP contribution in [0.25, 0.3) is 16.5 Å². The monoisotopic (exact) mass is 368 g/mol. The summed E-state index contributed by atoms with van der Waals surface area (Å²) in [5.74, 6) is 0.131. The molecule has 1 aliphatic carbocycles. The van der Waals surface area contributed by atoms with Gasteiger partial charge in [0.05, 0.1) is 16.1 Å². The topological polar surface area (TPSA) is 90.0 Å². The number of rotatable bonds is 4. The standard InChI is InChI=1S/C19H20N4O2S/c1-10(2)11-3-7-13(8-4-11)23-19(25)15-14(9-26-17(15)20)16(22-23)18(24)21-12-5-6-12/h3-4,7-10,12H,5-6,20H2,1-2H3,(H,21,24). The molecule has 6 nitrogen and oxygen atoms in total. The van der Waals surface area contributed by atoms with Crippen LogP contribution >= 0.6 is 11.3 Å². The molecule has 0 aliphatic heterocycles. The zero-order chi connectivity index (χ0) is 18.4. The molecule has 0 radical (unpaired) electrons. The van der Waals surface area contributed by atoms with E-state index in [2.05, 4.69) is 24.3 Å². The molecule has 0 atom stereocenters. The van der Waals surface area contributed by atoms with Crippen LogP contribution in [-0.2, 0) is 0 Å². The van der Waals surface area contributed by atoms with Crippen molar-refractivity contribution in [2.45, 2.75) is 38.6 Å². The summed E-state index contributed by atoms with van der Waals surface area (Å²) in [5.41, 5.74) is 7.74. The van der Waals surface area contributed by atoms with Crippen LogP contribution in [0.15, 0.2) is 34.4 Å². The number of amides is 1. The maximum Gasteiger partial charge on any atom is 0.282 e. The molecule has 0 spiro atoms. The lowest BCUT2D eigenvalue weighted by Gasteiger charge is -2.11. The SMILES string of the molecule is CC(C)c1ccc(-n2nc(C(=O)NC3CC3)c3csc(N)c3c2=O)cc1. The Morgan fingerprint density at radius 3 is 2.62 bits per heavy atom. The molecule has 1 aromatic carbocycles. The van der Waals surface area contributed by atoms with Crippen molar-refractivity contribution >= 4 is 33.0 Å². The molecule has 0 bridgehead atoms. The van der Waals surface area contributed by atoms with Crippen molar-refractivity contribution in [1.82, 2.24) is 15.1 Å². The number of nitrogen functional groups attached to an aromatic ring is 1. The molecule has 0 saturated heterocycles. The number of nitrogens with two attached hydrogens (primary N) is 1. The highest BCUT2D eigenvalue weighted by atomic mass is 32.1. The maximum atomic E-state index is 12.9. The van der Waals surface area contributed by atoms with Gasteiger partial charge in [-0.3, -0.25) is 9.59 Å². The van der Waals surface area contributed by atoms with E-state index in [1.54, 1.807) is 5.38 Å². The lowest BCUT2D eigenvalue weighted by molar-refractivity contribution is 0.0946. The Morgan fingerprint density at radius 2 is 2.00 bits per heavy atom. The van der Waals surface area contributed by atoms with Crippen LogP contribution in [0.4, 0.5) is 5.00 Å². The summed E-state index contributed by atoms with van der Waals surface area (Å²) in [7, 11) is 0. The van der Waals surface area contributed by atoms with Gasteiger partial charge >= 0.3 is 0 Å². The van der Waals surface area contributed by atoms with Crippen LogP contribution in [0, 0.1) is 0 Å². The van der Waals surface area contributed by atoms with Crippen molar-refractivity contribution in [1.29, 1.82) is 0 Å². The third kappa shape index (κ3) is 2.88. The lowest BCUT2D eigenvalue weighted by atomic mass is 10.0. The Balaban J connectivity index is 1.88. The van der Waals surface area contributed by atoms with Crippen LogP contribution in [-0.4, -0.2) is 21.7 Å². The second kappa shape index (κ2) is 6.25. The van der Waals surface area contributed by atoms with E-state index >= 15 is 0 Å². The van der Waals surface area contributed by atoms with Gasteiger partial charge in [-0.05, 0) is 36.5 Å². The number of aromatic nitrogens is 2. The van der Waals surface area contributed by atoms with E-state index in [0.717, 1.165) is 12.8 Å². The van der Waals surface area contributed by atoms with Gasteiger partial charge in [-0.15, -0.1) is 11.3 Å². The zero-order valence-electron chi connectivity index (χ0n) is 14.7. The Hall–Kier alpha value is -2.67. The zero-order valence-corrected chi connectivity index (χ0v) is 15.5. The Kier molecular flexibility index (Phi) is 4.03. The molecule has 134 valence electrons. The average molecular weight is 368 g/mol. The molecule has 7 heteroatoms. The molecule has 2 heterocycles. The van der Waals surface area contributed by atoms with E-state index in [4.69, 9.17) is 5.73 Å². The second-order valence-electron chi connectivity index (χ2n) is 6.95. The highest BCUT2D eigenvalue weighted by Gasteiger charge is 2.27. The van der Waals surface area contributed by atoms with Gasteiger partial charge in [-0.1, -0.05) is 26.0 Å². The number of benzene rings is 1. The Morgan fingerprint density at radius 1 is 1.31 bits per heavy atom. The molecule has 1 aliphatic rings. The summed E-state index contributed by atoms with van der Waals surface area (Å²) in [5, 5.41) is 10.3. The van der Waals surface area contributed by atoms with Crippen molar-refractivity contribution in [3.05, 3.63) is 51.3 Å². The van der Waals surface area contributed by atoms with Crippen molar-refractivity contribution in [3.8, 4) is 5.69 Å². The van der Waals surface area contributed by atoms with Crippen LogP contribution in [0.3, 0.4) is 0 Å². The molecule has 4 rings (SSSR count). The number of hydrogen-bond donors (Lipinski definition) is 2. The lowest BCUT2D eigenvalue weighted by Crippen LogP contribution is -2.31. The summed E-state index contributed by atoms with van der Waals surface area (Å²) < 4.78 is 1.28. The molecule has 1 fully saturated rings. The minimum absolute atomic E-state index is 0.209. The highest BCUT2D eigenvalue weighted by molar-refractivity contribution is 7.15. The molecular weight excluding hydrogens is 348 g/mol. The van der Waals surface area contributed by atoms with Gasteiger partial charge in [0.25, 0.3) is 11.5 Å². The molecular formula is C19H20N4O2S. The fourth-order valence-corrected chi connectivity index (χ4v) is 3.69. The average Bonchev–Trinajstić information content (AvgIpc) is 3.35. The number of thiophene rings is 1. The third-order valence-electron chi connectivity index (χ3n) is 4.61. The first-order valence-corrected chi connectivity index (χ1v) is 9.55. The van der Waals surface area contributed by atoms with Crippen LogP contribution in [0.2, 0.25) is 0 Å². The number of fused-ring (bicyclic) bond motifs is 1. The van der Waals surface area contributed by atoms with E-state index in [-0.39, 0.29) is 23.2 Å². The van der Waals surface area contributed by atoms with E-state index in [0.29, 0.717) is 27.4 Å². The van der Waals surface area contributed by atoms with E-state index in [1.807, 2.05) is 24.3 Å². The van der Waals surface area contributed by atoms with Gasteiger partial charge in [0.2, 0.25) is 0 Å². The molecule has 26 heavy (non-hydrogen) atoms. The molecule has 3 N–H and O–H groups in total. The molecule has 0 unspecified atom stereocenters. The second-order valence-corrected chi connectivity index (χ2v) is 7.86. The minimum Gasteiger partial charge on any atom is -0.390 e. The fourth-order valence-electron chi connectivity index (χ4n) is 2.90. The first kappa shape index (κ1) is 16.8.